The van der Waals surface area contributed by atoms with Crippen LogP contribution in [-0.4, -0.2) is 23.2 Å². The number of hydrogen-bond acceptors (Lipinski definition) is 3. The molecule has 1 aromatic rings. The Morgan fingerprint density at radius 1 is 1.47 bits per heavy atom. The lowest BCUT2D eigenvalue weighted by atomic mass is 10.0. The SMILES string of the molecule is CC(C)CC(N)C(=O)N[C@H]1c2ccccc2C[C@H]1O. The number of fused-ring (bicyclic) bond motifs is 1. The molecule has 0 aliphatic heterocycles. The Labute approximate surface area is 114 Å². The highest BCUT2D eigenvalue weighted by atomic mass is 16.3. The zero-order valence-electron chi connectivity index (χ0n) is 11.5. The lowest BCUT2D eigenvalue weighted by Crippen LogP contribution is -2.44. The molecule has 4 heteroatoms. The predicted molar refractivity (Wildman–Crippen MR) is 74.5 cm³/mol. The highest BCUT2D eigenvalue weighted by Crippen LogP contribution is 2.31. The summed E-state index contributed by atoms with van der Waals surface area (Å²) in [6, 6.07) is 6.95. The second kappa shape index (κ2) is 5.72. The smallest absolute Gasteiger partial charge is 0.237 e. The van der Waals surface area contributed by atoms with Crippen molar-refractivity contribution in [2.75, 3.05) is 0 Å². The molecule has 1 aliphatic rings. The van der Waals surface area contributed by atoms with E-state index in [-0.39, 0.29) is 11.9 Å². The second-order valence-electron chi connectivity index (χ2n) is 5.69. The van der Waals surface area contributed by atoms with Gasteiger partial charge in [0.25, 0.3) is 0 Å². The number of aliphatic hydroxyl groups excluding tert-OH is 1. The van der Waals surface area contributed by atoms with Gasteiger partial charge in [-0.2, -0.15) is 0 Å². The van der Waals surface area contributed by atoms with E-state index >= 15 is 0 Å². The lowest BCUT2D eigenvalue weighted by molar-refractivity contribution is -0.124. The minimum Gasteiger partial charge on any atom is -0.390 e. The number of benzene rings is 1. The Kier molecular flexibility index (Phi) is 4.22. The number of rotatable bonds is 4. The lowest BCUT2D eigenvalue weighted by Gasteiger charge is -2.21. The molecule has 0 heterocycles. The molecule has 0 fully saturated rings. The topological polar surface area (TPSA) is 75.4 Å². The first kappa shape index (κ1) is 14.0. The monoisotopic (exact) mass is 262 g/mol. The Morgan fingerprint density at radius 3 is 2.84 bits per heavy atom. The van der Waals surface area contributed by atoms with Gasteiger partial charge in [-0.3, -0.25) is 4.79 Å². The highest BCUT2D eigenvalue weighted by molar-refractivity contribution is 5.82. The molecule has 4 nitrogen and oxygen atoms in total. The van der Waals surface area contributed by atoms with Crippen LogP contribution in [0.15, 0.2) is 24.3 Å². The van der Waals surface area contributed by atoms with E-state index in [9.17, 15) is 9.90 Å². The third-order valence-corrected chi connectivity index (χ3v) is 3.56. The summed E-state index contributed by atoms with van der Waals surface area (Å²) in [6.07, 6.45) is 0.671. The summed E-state index contributed by atoms with van der Waals surface area (Å²) < 4.78 is 0. The largest absolute Gasteiger partial charge is 0.390 e. The minimum absolute atomic E-state index is 0.186. The van der Waals surface area contributed by atoms with Gasteiger partial charge in [-0.1, -0.05) is 38.1 Å². The van der Waals surface area contributed by atoms with Gasteiger partial charge in [0.2, 0.25) is 5.91 Å². The van der Waals surface area contributed by atoms with Gasteiger partial charge in [0, 0.05) is 6.42 Å². The van der Waals surface area contributed by atoms with Crippen LogP contribution >= 0.6 is 0 Å². The number of aliphatic hydroxyl groups is 1. The predicted octanol–water partition coefficient (Wildman–Crippen LogP) is 1.13. The molecule has 1 unspecified atom stereocenters. The van der Waals surface area contributed by atoms with Crippen molar-refractivity contribution in [3.63, 3.8) is 0 Å². The van der Waals surface area contributed by atoms with Crippen molar-refractivity contribution in [3.05, 3.63) is 35.4 Å². The zero-order valence-corrected chi connectivity index (χ0v) is 11.5. The van der Waals surface area contributed by atoms with Crippen molar-refractivity contribution >= 4 is 5.91 Å². The average molecular weight is 262 g/mol. The van der Waals surface area contributed by atoms with Crippen LogP contribution in [0.25, 0.3) is 0 Å². The molecule has 0 saturated carbocycles. The van der Waals surface area contributed by atoms with Crippen LogP contribution < -0.4 is 11.1 Å². The Morgan fingerprint density at radius 2 is 2.16 bits per heavy atom. The number of amides is 1. The van der Waals surface area contributed by atoms with Crippen molar-refractivity contribution in [2.45, 2.75) is 44.9 Å². The standard InChI is InChI=1S/C15H22N2O2/c1-9(2)7-12(16)15(19)17-14-11-6-4-3-5-10(11)8-13(14)18/h3-6,9,12-14,18H,7-8,16H2,1-2H3,(H,17,19)/t12?,13-,14+/m1/s1. The zero-order chi connectivity index (χ0) is 14.0. The molecule has 0 spiro atoms. The van der Waals surface area contributed by atoms with Gasteiger partial charge >= 0.3 is 0 Å². The van der Waals surface area contributed by atoms with Crippen LogP contribution in [0.3, 0.4) is 0 Å². The van der Waals surface area contributed by atoms with Crippen molar-refractivity contribution in [1.29, 1.82) is 0 Å². The number of hydrogen-bond donors (Lipinski definition) is 3. The summed E-state index contributed by atoms with van der Waals surface area (Å²) in [5.41, 5.74) is 7.96. The average Bonchev–Trinajstić information content (AvgIpc) is 2.65. The molecule has 0 radical (unpaired) electrons. The molecular weight excluding hydrogens is 240 g/mol. The second-order valence-corrected chi connectivity index (χ2v) is 5.69. The Balaban J connectivity index is 2.05. The van der Waals surface area contributed by atoms with E-state index in [4.69, 9.17) is 5.73 Å². The molecule has 0 saturated heterocycles. The van der Waals surface area contributed by atoms with E-state index in [2.05, 4.69) is 5.32 Å². The summed E-state index contributed by atoms with van der Waals surface area (Å²) in [4.78, 5) is 12.0. The maximum atomic E-state index is 12.0. The number of nitrogens with two attached hydrogens (primary N) is 1. The maximum absolute atomic E-state index is 12.0. The summed E-state index contributed by atoms with van der Waals surface area (Å²) >= 11 is 0. The van der Waals surface area contributed by atoms with E-state index in [1.807, 2.05) is 38.1 Å². The van der Waals surface area contributed by atoms with Gasteiger partial charge in [0.1, 0.15) is 0 Å². The quantitative estimate of drug-likeness (QED) is 0.761. The molecule has 0 bridgehead atoms. The van der Waals surface area contributed by atoms with Crippen molar-refractivity contribution in [1.82, 2.24) is 5.32 Å². The Bertz CT molecular complexity index is 459. The fourth-order valence-electron chi connectivity index (χ4n) is 2.62. The molecule has 19 heavy (non-hydrogen) atoms. The third kappa shape index (κ3) is 3.14. The van der Waals surface area contributed by atoms with Crippen LogP contribution in [-0.2, 0) is 11.2 Å². The first-order chi connectivity index (χ1) is 8.99. The van der Waals surface area contributed by atoms with Crippen molar-refractivity contribution in [3.8, 4) is 0 Å². The van der Waals surface area contributed by atoms with E-state index in [1.165, 1.54) is 0 Å². The van der Waals surface area contributed by atoms with Crippen molar-refractivity contribution in [2.24, 2.45) is 11.7 Å². The maximum Gasteiger partial charge on any atom is 0.237 e. The summed E-state index contributed by atoms with van der Waals surface area (Å²) in [6.45, 7) is 4.07. The normalized spacial score (nSPS) is 23.2. The van der Waals surface area contributed by atoms with E-state index in [0.29, 0.717) is 18.8 Å². The van der Waals surface area contributed by atoms with Gasteiger partial charge in [-0.05, 0) is 23.5 Å². The summed E-state index contributed by atoms with van der Waals surface area (Å²) in [7, 11) is 0. The first-order valence-corrected chi connectivity index (χ1v) is 6.81. The van der Waals surface area contributed by atoms with Crippen LogP contribution in [0.5, 0.6) is 0 Å². The molecule has 4 N–H and O–H groups in total. The molecule has 3 atom stereocenters. The van der Waals surface area contributed by atoms with Crippen LogP contribution in [0, 0.1) is 5.92 Å². The van der Waals surface area contributed by atoms with E-state index in [0.717, 1.165) is 11.1 Å². The highest BCUT2D eigenvalue weighted by Gasteiger charge is 2.32. The number of carbonyl (C=O) groups is 1. The molecule has 1 amide bonds. The summed E-state index contributed by atoms with van der Waals surface area (Å²) in [5.74, 6) is 0.191. The van der Waals surface area contributed by atoms with Gasteiger partial charge in [-0.15, -0.1) is 0 Å². The van der Waals surface area contributed by atoms with E-state index in [1.54, 1.807) is 0 Å². The van der Waals surface area contributed by atoms with Gasteiger partial charge in [0.05, 0.1) is 18.2 Å². The molecule has 104 valence electrons. The van der Waals surface area contributed by atoms with Gasteiger partial charge in [-0.25, -0.2) is 0 Å². The van der Waals surface area contributed by atoms with Crippen molar-refractivity contribution < 1.29 is 9.90 Å². The first-order valence-electron chi connectivity index (χ1n) is 6.81. The van der Waals surface area contributed by atoms with Crippen LogP contribution in [0.4, 0.5) is 0 Å². The number of carbonyl (C=O) groups excluding carboxylic acids is 1. The van der Waals surface area contributed by atoms with Crippen LogP contribution in [0.1, 0.15) is 37.4 Å². The molecule has 2 rings (SSSR count). The van der Waals surface area contributed by atoms with E-state index < -0.39 is 12.1 Å². The fourth-order valence-corrected chi connectivity index (χ4v) is 2.62. The molecule has 0 aromatic heterocycles. The fraction of sp³-hybridized carbons (Fsp3) is 0.533. The molecule has 1 aliphatic carbocycles. The van der Waals surface area contributed by atoms with Gasteiger partial charge in [0.15, 0.2) is 0 Å². The molecule has 1 aromatic carbocycles. The molecular formula is C15H22N2O2. The summed E-state index contributed by atoms with van der Waals surface area (Å²) in [5, 5.41) is 12.9. The minimum atomic E-state index is -0.562. The van der Waals surface area contributed by atoms with Gasteiger partial charge < -0.3 is 16.2 Å². The third-order valence-electron chi connectivity index (χ3n) is 3.56. The Hall–Kier alpha value is -1.39. The van der Waals surface area contributed by atoms with Crippen LogP contribution in [0.2, 0.25) is 0 Å². The number of nitrogens with one attached hydrogen (secondary N) is 1.